The zero-order chi connectivity index (χ0) is 13.7. The molecule has 19 heavy (non-hydrogen) atoms. The minimum absolute atomic E-state index is 0.0305. The van der Waals surface area contributed by atoms with Gasteiger partial charge in [0.1, 0.15) is 0 Å². The number of piperidine rings is 1. The molecule has 2 amide bonds. The molecule has 1 aromatic rings. The number of likely N-dealkylation sites (tertiary alicyclic amines) is 1. The van der Waals surface area contributed by atoms with E-state index < -0.39 is 5.41 Å². The van der Waals surface area contributed by atoms with Crippen LogP contribution in [0.15, 0.2) is 30.3 Å². The SMILES string of the molecule is CNC(=O)C1(Cc2ccccc2)CCCN(C=O)C1. The number of hydrogen-bond acceptors (Lipinski definition) is 2. The molecule has 0 bridgehead atoms. The van der Waals surface area contributed by atoms with Gasteiger partial charge in [-0.25, -0.2) is 0 Å². The molecule has 102 valence electrons. The van der Waals surface area contributed by atoms with E-state index in [0.717, 1.165) is 31.4 Å². The largest absolute Gasteiger partial charge is 0.359 e. The van der Waals surface area contributed by atoms with Gasteiger partial charge >= 0.3 is 0 Å². The van der Waals surface area contributed by atoms with E-state index in [4.69, 9.17) is 0 Å². The number of nitrogens with one attached hydrogen (secondary N) is 1. The first-order chi connectivity index (χ1) is 9.20. The summed E-state index contributed by atoms with van der Waals surface area (Å²) in [7, 11) is 1.66. The summed E-state index contributed by atoms with van der Waals surface area (Å²) in [5, 5.41) is 2.76. The van der Waals surface area contributed by atoms with E-state index in [0.29, 0.717) is 13.0 Å². The van der Waals surface area contributed by atoms with Crippen molar-refractivity contribution in [2.75, 3.05) is 20.1 Å². The summed E-state index contributed by atoms with van der Waals surface area (Å²) >= 11 is 0. The Morgan fingerprint density at radius 1 is 1.42 bits per heavy atom. The van der Waals surface area contributed by atoms with Gasteiger partial charge in [-0.1, -0.05) is 30.3 Å². The van der Waals surface area contributed by atoms with E-state index in [1.807, 2.05) is 30.3 Å². The highest BCUT2D eigenvalue weighted by atomic mass is 16.2. The Balaban J connectivity index is 2.24. The summed E-state index contributed by atoms with van der Waals surface area (Å²) in [6.45, 7) is 1.25. The van der Waals surface area contributed by atoms with Gasteiger partial charge in [-0.2, -0.15) is 0 Å². The molecular formula is C15H20N2O2. The van der Waals surface area contributed by atoms with E-state index in [2.05, 4.69) is 5.32 Å². The maximum absolute atomic E-state index is 12.3. The van der Waals surface area contributed by atoms with Crippen LogP contribution in [-0.2, 0) is 16.0 Å². The summed E-state index contributed by atoms with van der Waals surface area (Å²) in [6.07, 6.45) is 3.23. The topological polar surface area (TPSA) is 49.4 Å². The average Bonchev–Trinajstić information content (AvgIpc) is 2.47. The first-order valence-electron chi connectivity index (χ1n) is 6.66. The molecule has 1 unspecified atom stereocenters. The quantitative estimate of drug-likeness (QED) is 0.827. The van der Waals surface area contributed by atoms with Gasteiger partial charge in [-0.05, 0) is 24.8 Å². The van der Waals surface area contributed by atoms with E-state index in [-0.39, 0.29) is 5.91 Å². The molecule has 1 aliphatic rings. The molecule has 0 spiro atoms. The Bertz CT molecular complexity index is 447. The van der Waals surface area contributed by atoms with Gasteiger partial charge in [0, 0.05) is 20.1 Å². The molecule has 2 rings (SSSR count). The van der Waals surface area contributed by atoms with Crippen LogP contribution in [0.1, 0.15) is 18.4 Å². The Morgan fingerprint density at radius 3 is 2.79 bits per heavy atom. The highest BCUT2D eigenvalue weighted by molar-refractivity contribution is 5.83. The molecular weight excluding hydrogens is 240 g/mol. The van der Waals surface area contributed by atoms with Crippen LogP contribution in [0.3, 0.4) is 0 Å². The first-order valence-corrected chi connectivity index (χ1v) is 6.66. The Hall–Kier alpha value is -1.84. The molecule has 0 aliphatic carbocycles. The molecule has 4 heteroatoms. The second kappa shape index (κ2) is 5.87. The predicted molar refractivity (Wildman–Crippen MR) is 73.5 cm³/mol. The van der Waals surface area contributed by atoms with E-state index >= 15 is 0 Å². The van der Waals surface area contributed by atoms with Gasteiger partial charge in [-0.15, -0.1) is 0 Å². The molecule has 1 saturated heterocycles. The highest BCUT2D eigenvalue weighted by Gasteiger charge is 2.41. The van der Waals surface area contributed by atoms with Crippen molar-refractivity contribution in [3.05, 3.63) is 35.9 Å². The smallest absolute Gasteiger partial charge is 0.228 e. The molecule has 1 aromatic carbocycles. The van der Waals surface area contributed by atoms with Crippen molar-refractivity contribution in [2.45, 2.75) is 19.3 Å². The van der Waals surface area contributed by atoms with E-state index in [1.165, 1.54) is 0 Å². The van der Waals surface area contributed by atoms with Crippen molar-refractivity contribution < 1.29 is 9.59 Å². The molecule has 0 radical (unpaired) electrons. The van der Waals surface area contributed by atoms with Crippen molar-refractivity contribution in [3.8, 4) is 0 Å². The van der Waals surface area contributed by atoms with Gasteiger partial charge in [-0.3, -0.25) is 9.59 Å². The summed E-state index contributed by atoms with van der Waals surface area (Å²) in [5.74, 6) is 0.0305. The van der Waals surface area contributed by atoms with Crippen LogP contribution in [0, 0.1) is 5.41 Å². The zero-order valence-electron chi connectivity index (χ0n) is 11.3. The zero-order valence-corrected chi connectivity index (χ0v) is 11.3. The maximum atomic E-state index is 12.3. The molecule has 1 fully saturated rings. The van der Waals surface area contributed by atoms with Crippen molar-refractivity contribution in [2.24, 2.45) is 5.41 Å². The van der Waals surface area contributed by atoms with Gasteiger partial charge < -0.3 is 10.2 Å². The second-order valence-electron chi connectivity index (χ2n) is 5.20. The molecule has 1 atom stereocenters. The van der Waals surface area contributed by atoms with Crippen LogP contribution in [0.4, 0.5) is 0 Å². The number of nitrogens with zero attached hydrogens (tertiary/aromatic N) is 1. The molecule has 0 aromatic heterocycles. The van der Waals surface area contributed by atoms with Gasteiger partial charge in [0.2, 0.25) is 12.3 Å². The van der Waals surface area contributed by atoms with Gasteiger partial charge in [0.15, 0.2) is 0 Å². The van der Waals surface area contributed by atoms with E-state index in [1.54, 1.807) is 11.9 Å². The normalized spacial score (nSPS) is 22.9. The lowest BCUT2D eigenvalue weighted by molar-refractivity contribution is -0.136. The maximum Gasteiger partial charge on any atom is 0.228 e. The second-order valence-corrected chi connectivity index (χ2v) is 5.20. The third-order valence-electron chi connectivity index (χ3n) is 3.85. The first kappa shape index (κ1) is 13.6. The predicted octanol–water partition coefficient (Wildman–Crippen LogP) is 1.21. The molecule has 4 nitrogen and oxygen atoms in total. The molecule has 1 N–H and O–H groups in total. The summed E-state index contributed by atoms with van der Waals surface area (Å²) in [4.78, 5) is 25.0. The minimum Gasteiger partial charge on any atom is -0.359 e. The summed E-state index contributed by atoms with van der Waals surface area (Å²) < 4.78 is 0. The van der Waals surface area contributed by atoms with Crippen LogP contribution in [0.25, 0.3) is 0 Å². The fourth-order valence-corrected chi connectivity index (χ4v) is 2.92. The third-order valence-corrected chi connectivity index (χ3v) is 3.85. The Kier molecular flexibility index (Phi) is 4.20. The van der Waals surface area contributed by atoms with Crippen molar-refractivity contribution >= 4 is 12.3 Å². The third kappa shape index (κ3) is 2.95. The Morgan fingerprint density at radius 2 is 2.16 bits per heavy atom. The van der Waals surface area contributed by atoms with Gasteiger partial charge in [0.25, 0.3) is 0 Å². The van der Waals surface area contributed by atoms with Crippen molar-refractivity contribution in [3.63, 3.8) is 0 Å². The highest BCUT2D eigenvalue weighted by Crippen LogP contribution is 2.33. The van der Waals surface area contributed by atoms with Gasteiger partial charge in [0.05, 0.1) is 5.41 Å². The van der Waals surface area contributed by atoms with Crippen LogP contribution in [0.5, 0.6) is 0 Å². The van der Waals surface area contributed by atoms with Crippen LogP contribution in [-0.4, -0.2) is 37.4 Å². The standard InChI is InChI=1S/C15H20N2O2/c1-16-14(19)15(8-5-9-17(11-15)12-18)10-13-6-3-2-4-7-13/h2-4,6-7,12H,5,8-11H2,1H3,(H,16,19). The van der Waals surface area contributed by atoms with Crippen LogP contribution >= 0.6 is 0 Å². The molecule has 1 heterocycles. The molecule has 0 saturated carbocycles. The number of amides is 2. The van der Waals surface area contributed by atoms with Crippen LogP contribution in [0.2, 0.25) is 0 Å². The minimum atomic E-state index is -0.491. The number of rotatable bonds is 4. The lowest BCUT2D eigenvalue weighted by Gasteiger charge is -2.40. The number of benzene rings is 1. The molecule has 1 aliphatic heterocycles. The number of carbonyl (C=O) groups excluding carboxylic acids is 2. The Labute approximate surface area is 113 Å². The monoisotopic (exact) mass is 260 g/mol. The fourth-order valence-electron chi connectivity index (χ4n) is 2.92. The van der Waals surface area contributed by atoms with Crippen LogP contribution < -0.4 is 5.32 Å². The summed E-state index contributed by atoms with van der Waals surface area (Å²) in [5.41, 5.74) is 0.647. The van der Waals surface area contributed by atoms with Crippen molar-refractivity contribution in [1.29, 1.82) is 0 Å². The number of carbonyl (C=O) groups is 2. The summed E-state index contributed by atoms with van der Waals surface area (Å²) in [6, 6.07) is 9.99. The lowest BCUT2D eigenvalue weighted by atomic mass is 9.74. The van der Waals surface area contributed by atoms with Crippen molar-refractivity contribution in [1.82, 2.24) is 10.2 Å². The number of hydrogen-bond donors (Lipinski definition) is 1. The van der Waals surface area contributed by atoms with E-state index in [9.17, 15) is 9.59 Å². The average molecular weight is 260 g/mol. The lowest BCUT2D eigenvalue weighted by Crippen LogP contribution is -2.52. The fraction of sp³-hybridized carbons (Fsp3) is 0.467.